The predicted molar refractivity (Wildman–Crippen MR) is 101 cm³/mol. The predicted octanol–water partition coefficient (Wildman–Crippen LogP) is 2.91. The van der Waals surface area contributed by atoms with Gasteiger partial charge in [0.15, 0.2) is 0 Å². The molecule has 0 atom stereocenters. The fourth-order valence-electron chi connectivity index (χ4n) is 2.83. The van der Waals surface area contributed by atoms with Gasteiger partial charge in [0.25, 0.3) is 5.91 Å². The van der Waals surface area contributed by atoms with Crippen molar-refractivity contribution >= 4 is 36.5 Å². The minimum absolute atomic E-state index is 0. The van der Waals surface area contributed by atoms with E-state index in [0.717, 1.165) is 25.9 Å². The molecule has 25 heavy (non-hydrogen) atoms. The fraction of sp³-hybridized carbons (Fsp3) is 0.353. The molecule has 1 fully saturated rings. The van der Waals surface area contributed by atoms with E-state index in [9.17, 15) is 9.59 Å². The van der Waals surface area contributed by atoms with Crippen LogP contribution in [0.2, 0.25) is 0 Å². The van der Waals surface area contributed by atoms with Crippen LogP contribution in [0.1, 0.15) is 40.4 Å². The Balaban J connectivity index is 0.00000156. The largest absolute Gasteiger partial charge is 0.427 e. The van der Waals surface area contributed by atoms with Gasteiger partial charge in [0.1, 0.15) is 17.1 Å². The number of anilines is 1. The van der Waals surface area contributed by atoms with Crippen molar-refractivity contribution < 1.29 is 9.21 Å². The van der Waals surface area contributed by atoms with Gasteiger partial charge in [0.05, 0.1) is 0 Å². The van der Waals surface area contributed by atoms with Crippen LogP contribution >= 0.6 is 24.8 Å². The highest BCUT2D eigenvalue weighted by molar-refractivity contribution is 6.04. The number of aromatic nitrogens is 1. The van der Waals surface area contributed by atoms with Gasteiger partial charge in [-0.3, -0.25) is 4.79 Å². The van der Waals surface area contributed by atoms with Crippen LogP contribution in [0.5, 0.6) is 0 Å². The highest BCUT2D eigenvalue weighted by Gasteiger charge is 2.22. The summed E-state index contributed by atoms with van der Waals surface area (Å²) in [6.45, 7) is 3.58. The summed E-state index contributed by atoms with van der Waals surface area (Å²) in [6, 6.07) is 6.99. The molecule has 2 aromatic rings. The maximum atomic E-state index is 12.3. The number of carbonyl (C=O) groups excluding carboxylic acids is 1. The standard InChI is InChI=1S/C17H19N3O3.2ClH/c1-11-10-13(12-5-8-18-9-6-12)23-17(22)15(11)16(21)20-14-4-2-3-7-19-14;;/h2-4,7,10,12,18H,5-6,8-9H2,1H3,(H,19,20,21);2*1H. The van der Waals surface area contributed by atoms with Gasteiger partial charge in [0.2, 0.25) is 0 Å². The maximum Gasteiger partial charge on any atom is 0.349 e. The first-order valence-corrected chi connectivity index (χ1v) is 7.73. The topological polar surface area (TPSA) is 84.2 Å². The van der Waals surface area contributed by atoms with Crippen molar-refractivity contribution in [1.82, 2.24) is 10.3 Å². The van der Waals surface area contributed by atoms with Gasteiger partial charge in [-0.25, -0.2) is 9.78 Å². The van der Waals surface area contributed by atoms with E-state index in [1.54, 1.807) is 31.3 Å². The Bertz CT molecular complexity index is 759. The van der Waals surface area contributed by atoms with Crippen molar-refractivity contribution in [3.63, 3.8) is 0 Å². The Morgan fingerprint density at radius 1 is 1.28 bits per heavy atom. The Morgan fingerprint density at radius 2 is 2.00 bits per heavy atom. The van der Waals surface area contributed by atoms with Gasteiger partial charge >= 0.3 is 5.63 Å². The smallest absolute Gasteiger partial charge is 0.349 e. The van der Waals surface area contributed by atoms with Crippen LogP contribution in [0, 0.1) is 6.92 Å². The van der Waals surface area contributed by atoms with Crippen LogP contribution in [0.15, 0.2) is 39.7 Å². The quantitative estimate of drug-likeness (QED) is 0.848. The normalized spacial score (nSPS) is 14.1. The zero-order valence-electron chi connectivity index (χ0n) is 13.8. The molecule has 0 radical (unpaired) electrons. The average molecular weight is 386 g/mol. The van der Waals surface area contributed by atoms with Crippen LogP contribution in [-0.4, -0.2) is 24.0 Å². The minimum atomic E-state index is -0.591. The van der Waals surface area contributed by atoms with E-state index in [1.165, 1.54) is 0 Å². The molecule has 0 aliphatic carbocycles. The van der Waals surface area contributed by atoms with Crippen molar-refractivity contribution in [1.29, 1.82) is 0 Å². The summed E-state index contributed by atoms with van der Waals surface area (Å²) in [5.74, 6) is 0.810. The summed E-state index contributed by atoms with van der Waals surface area (Å²) in [6.07, 6.45) is 3.44. The third kappa shape index (κ3) is 5.04. The van der Waals surface area contributed by atoms with Gasteiger partial charge in [-0.2, -0.15) is 0 Å². The Kier molecular flexibility index (Phi) is 8.09. The van der Waals surface area contributed by atoms with E-state index in [0.29, 0.717) is 17.1 Å². The van der Waals surface area contributed by atoms with E-state index in [1.807, 2.05) is 6.07 Å². The molecule has 2 aromatic heterocycles. The Hall–Kier alpha value is -1.89. The lowest BCUT2D eigenvalue weighted by Gasteiger charge is -2.21. The summed E-state index contributed by atoms with van der Waals surface area (Å²) in [5.41, 5.74) is 0.0727. The van der Waals surface area contributed by atoms with E-state index >= 15 is 0 Å². The monoisotopic (exact) mass is 385 g/mol. The number of nitrogens with one attached hydrogen (secondary N) is 2. The van der Waals surface area contributed by atoms with Crippen LogP contribution in [0.3, 0.4) is 0 Å². The molecule has 1 aliphatic heterocycles. The number of nitrogens with zero attached hydrogens (tertiary/aromatic N) is 1. The fourth-order valence-corrected chi connectivity index (χ4v) is 2.83. The molecular formula is C17H21Cl2N3O3. The van der Waals surface area contributed by atoms with E-state index < -0.39 is 11.5 Å². The number of halogens is 2. The van der Waals surface area contributed by atoms with Crippen LogP contribution < -0.4 is 16.3 Å². The first-order chi connectivity index (χ1) is 11.1. The molecule has 2 N–H and O–H groups in total. The molecule has 3 heterocycles. The van der Waals surface area contributed by atoms with Crippen molar-refractivity contribution in [2.75, 3.05) is 18.4 Å². The number of amides is 1. The van der Waals surface area contributed by atoms with E-state index in [2.05, 4.69) is 15.6 Å². The van der Waals surface area contributed by atoms with Gasteiger partial charge in [-0.05, 0) is 56.6 Å². The molecule has 0 aromatic carbocycles. The second kappa shape index (κ2) is 9.56. The molecule has 0 bridgehead atoms. The molecule has 6 nitrogen and oxygen atoms in total. The molecule has 1 amide bonds. The molecule has 136 valence electrons. The number of hydrogen-bond acceptors (Lipinski definition) is 5. The second-order valence-electron chi connectivity index (χ2n) is 5.69. The number of piperidine rings is 1. The van der Waals surface area contributed by atoms with Crippen molar-refractivity contribution in [2.45, 2.75) is 25.7 Å². The molecule has 0 spiro atoms. The summed E-state index contributed by atoms with van der Waals surface area (Å²) in [5, 5.41) is 5.90. The number of aryl methyl sites for hydroxylation is 1. The number of hydrogen-bond donors (Lipinski definition) is 2. The highest BCUT2D eigenvalue weighted by atomic mass is 35.5. The van der Waals surface area contributed by atoms with Gasteiger partial charge in [-0.15, -0.1) is 24.8 Å². The molecule has 3 rings (SSSR count). The van der Waals surface area contributed by atoms with E-state index in [4.69, 9.17) is 4.42 Å². The first kappa shape index (κ1) is 21.2. The zero-order chi connectivity index (χ0) is 16.2. The number of pyridine rings is 1. The van der Waals surface area contributed by atoms with Gasteiger partial charge in [0, 0.05) is 12.1 Å². The first-order valence-electron chi connectivity index (χ1n) is 7.73. The van der Waals surface area contributed by atoms with Crippen molar-refractivity contribution in [3.05, 3.63) is 57.8 Å². The highest BCUT2D eigenvalue weighted by Crippen LogP contribution is 2.25. The van der Waals surface area contributed by atoms with Crippen LogP contribution in [0.4, 0.5) is 5.82 Å². The molecular weight excluding hydrogens is 365 g/mol. The zero-order valence-corrected chi connectivity index (χ0v) is 15.4. The Labute approximate surface area is 158 Å². The van der Waals surface area contributed by atoms with Crippen LogP contribution in [0.25, 0.3) is 0 Å². The average Bonchev–Trinajstić information content (AvgIpc) is 2.56. The minimum Gasteiger partial charge on any atom is -0.427 e. The summed E-state index contributed by atoms with van der Waals surface area (Å²) < 4.78 is 5.42. The summed E-state index contributed by atoms with van der Waals surface area (Å²) in [4.78, 5) is 28.6. The van der Waals surface area contributed by atoms with E-state index in [-0.39, 0.29) is 36.3 Å². The molecule has 0 unspecified atom stereocenters. The third-order valence-electron chi connectivity index (χ3n) is 4.04. The van der Waals surface area contributed by atoms with Crippen LogP contribution in [-0.2, 0) is 0 Å². The lowest BCUT2D eigenvalue weighted by atomic mass is 9.94. The summed E-state index contributed by atoms with van der Waals surface area (Å²) >= 11 is 0. The number of rotatable bonds is 3. The third-order valence-corrected chi connectivity index (χ3v) is 4.04. The molecule has 0 saturated carbocycles. The SMILES string of the molecule is Cc1cc(C2CCNCC2)oc(=O)c1C(=O)Nc1ccccn1.Cl.Cl. The van der Waals surface area contributed by atoms with Gasteiger partial charge < -0.3 is 15.1 Å². The Morgan fingerprint density at radius 3 is 2.60 bits per heavy atom. The maximum absolute atomic E-state index is 12.3. The van der Waals surface area contributed by atoms with Crippen molar-refractivity contribution in [3.8, 4) is 0 Å². The van der Waals surface area contributed by atoms with Gasteiger partial charge in [-0.1, -0.05) is 6.07 Å². The lowest BCUT2D eigenvalue weighted by molar-refractivity contribution is 0.102. The molecule has 8 heteroatoms. The second-order valence-corrected chi connectivity index (χ2v) is 5.69. The molecule has 1 aliphatic rings. The van der Waals surface area contributed by atoms with Crippen molar-refractivity contribution in [2.24, 2.45) is 0 Å². The molecule has 1 saturated heterocycles. The number of carbonyl (C=O) groups is 1. The summed E-state index contributed by atoms with van der Waals surface area (Å²) in [7, 11) is 0. The lowest BCUT2D eigenvalue weighted by Crippen LogP contribution is -2.28.